The minimum absolute atomic E-state index is 0.145. The van der Waals surface area contributed by atoms with Crippen LogP contribution in [0.15, 0.2) is 5.16 Å². The molecule has 3 aliphatic rings. The van der Waals surface area contributed by atoms with E-state index in [1.54, 1.807) is 0 Å². The Kier molecular flexibility index (Phi) is 13.5. The van der Waals surface area contributed by atoms with Crippen LogP contribution in [0.25, 0.3) is 0 Å². The van der Waals surface area contributed by atoms with E-state index in [4.69, 9.17) is 25.2 Å². The van der Waals surface area contributed by atoms with E-state index in [1.807, 2.05) is 13.8 Å². The molecule has 7 atom stereocenters. The maximum Gasteiger partial charge on any atom is 0.138 e. The van der Waals surface area contributed by atoms with E-state index in [0.29, 0.717) is 36.9 Å². The number of carbonyl (C=O) groups excluding carboxylic acids is 1. The molecule has 0 bridgehead atoms. The maximum atomic E-state index is 11.0. The lowest BCUT2D eigenvalue weighted by molar-refractivity contribution is -0.134. The van der Waals surface area contributed by atoms with Crippen LogP contribution < -0.4 is 5.73 Å². The van der Waals surface area contributed by atoms with Gasteiger partial charge < -0.3 is 25.2 Å². The van der Waals surface area contributed by atoms with Gasteiger partial charge in [-0.25, -0.2) is 0 Å². The minimum Gasteiger partial charge on any atom is -0.411 e. The summed E-state index contributed by atoms with van der Waals surface area (Å²) in [6.45, 7) is 12.3. The van der Waals surface area contributed by atoms with Gasteiger partial charge in [-0.1, -0.05) is 25.9 Å². The van der Waals surface area contributed by atoms with Gasteiger partial charge in [-0.3, -0.25) is 4.79 Å². The highest BCUT2D eigenvalue weighted by Crippen LogP contribution is 2.20. The van der Waals surface area contributed by atoms with Gasteiger partial charge in [0.25, 0.3) is 0 Å². The zero-order chi connectivity index (χ0) is 23.4. The number of hydrogen-bond acceptors (Lipinski definition) is 7. The Balaban J connectivity index is 0.000000233. The van der Waals surface area contributed by atoms with Crippen LogP contribution in [0, 0.1) is 0 Å². The summed E-state index contributed by atoms with van der Waals surface area (Å²) < 4.78 is 16.7. The summed E-state index contributed by atoms with van der Waals surface area (Å²) in [5, 5.41) is 11.8. The number of ketones is 1. The van der Waals surface area contributed by atoms with Gasteiger partial charge in [-0.15, -0.1) is 0 Å². The summed E-state index contributed by atoms with van der Waals surface area (Å²) in [7, 11) is 0. The van der Waals surface area contributed by atoms with Gasteiger partial charge in [0.1, 0.15) is 5.78 Å². The van der Waals surface area contributed by atoms with Gasteiger partial charge in [0.05, 0.1) is 42.3 Å². The zero-order valence-electron chi connectivity index (χ0n) is 20.5. The second-order valence-electron chi connectivity index (χ2n) is 9.18. The summed E-state index contributed by atoms with van der Waals surface area (Å²) in [4.78, 5) is 11.0. The van der Waals surface area contributed by atoms with Crippen molar-refractivity contribution in [1.29, 1.82) is 0 Å². The SMILES string of the molecule is CCC1C/C(=N\O)CC(C)O1.CCC1CC(=O)CC(C)O1.CC[C@H]1C[C@@H](N)C[C@@H](C)O1. The molecule has 0 radical (unpaired) electrons. The van der Waals surface area contributed by atoms with E-state index in [1.165, 1.54) is 0 Å². The molecule has 3 N–H and O–H groups in total. The quantitative estimate of drug-likeness (QED) is 0.488. The number of carbonyl (C=O) groups is 1. The third-order valence-corrected chi connectivity index (χ3v) is 5.94. The summed E-state index contributed by atoms with van der Waals surface area (Å²) in [6.07, 6.45) is 9.48. The Morgan fingerprint density at radius 1 is 0.806 bits per heavy atom. The first-order valence-corrected chi connectivity index (χ1v) is 12.1. The van der Waals surface area contributed by atoms with Gasteiger partial charge in [-0.05, 0) is 52.9 Å². The summed E-state index contributed by atoms with van der Waals surface area (Å²) in [5.74, 6) is 0.352. The molecule has 3 saturated heterocycles. The normalized spacial score (nSPS) is 37.3. The number of rotatable bonds is 3. The van der Waals surface area contributed by atoms with Crippen LogP contribution in [0.1, 0.15) is 99.3 Å². The predicted molar refractivity (Wildman–Crippen MR) is 124 cm³/mol. The molecule has 31 heavy (non-hydrogen) atoms. The highest BCUT2D eigenvalue weighted by molar-refractivity contribution is 5.85. The van der Waals surface area contributed by atoms with Crippen LogP contribution in [0.3, 0.4) is 0 Å². The van der Waals surface area contributed by atoms with Crippen molar-refractivity contribution in [3.63, 3.8) is 0 Å². The van der Waals surface area contributed by atoms with E-state index < -0.39 is 0 Å². The lowest BCUT2D eigenvalue weighted by atomic mass is 9.99. The van der Waals surface area contributed by atoms with Crippen molar-refractivity contribution in [3.05, 3.63) is 0 Å². The summed E-state index contributed by atoms with van der Waals surface area (Å²) in [6, 6.07) is 0.369. The summed E-state index contributed by atoms with van der Waals surface area (Å²) >= 11 is 0. The number of oxime groups is 1. The van der Waals surface area contributed by atoms with E-state index in [2.05, 4.69) is 32.9 Å². The lowest BCUT2D eigenvalue weighted by Gasteiger charge is -2.31. The highest BCUT2D eigenvalue weighted by Gasteiger charge is 2.24. The van der Waals surface area contributed by atoms with E-state index >= 15 is 0 Å². The monoisotopic (exact) mass is 442 g/mol. The molecule has 3 heterocycles. The molecule has 0 aromatic rings. The molecule has 4 unspecified atom stereocenters. The molecule has 0 amide bonds. The third kappa shape index (κ3) is 11.4. The van der Waals surface area contributed by atoms with Gasteiger partial charge >= 0.3 is 0 Å². The highest BCUT2D eigenvalue weighted by atomic mass is 16.5. The average molecular weight is 443 g/mol. The van der Waals surface area contributed by atoms with Gasteiger partial charge in [0.15, 0.2) is 0 Å². The first-order valence-electron chi connectivity index (χ1n) is 12.1. The van der Waals surface area contributed by atoms with Crippen molar-refractivity contribution in [2.24, 2.45) is 10.9 Å². The van der Waals surface area contributed by atoms with Gasteiger partial charge in [0.2, 0.25) is 0 Å². The molecule has 7 nitrogen and oxygen atoms in total. The molecule has 0 aromatic carbocycles. The standard InChI is InChI=1S/C8H15NO2.C8H17NO.C8H14O2/c1-3-8-5-7(9-10)4-6(2)11-8;2*1-3-8-5-7(9)4-6(2)10-8/h6,8,10H,3-5H2,1-2H3;6-8H,3-5,9H2,1-2H3;6,8H,3-5H2,1-2H3/b9-7-;;/t;6-,7+,8+;/m.1./s1. The fourth-order valence-corrected chi connectivity index (χ4v) is 4.31. The number of nitrogens with zero attached hydrogens (tertiary/aromatic N) is 1. The Labute approximate surface area is 189 Å². The smallest absolute Gasteiger partial charge is 0.138 e. The molecule has 0 aliphatic carbocycles. The fourth-order valence-electron chi connectivity index (χ4n) is 4.31. The molecule has 7 heteroatoms. The molecule has 3 fully saturated rings. The Morgan fingerprint density at radius 3 is 1.81 bits per heavy atom. The average Bonchev–Trinajstić information content (AvgIpc) is 2.72. The molecular formula is C24H46N2O5. The fraction of sp³-hybridized carbons (Fsp3) is 0.917. The minimum atomic E-state index is 0.145. The Hall–Kier alpha value is -1.02. The maximum absolute atomic E-state index is 11.0. The van der Waals surface area contributed by atoms with Crippen LogP contribution >= 0.6 is 0 Å². The van der Waals surface area contributed by atoms with Gasteiger partial charge in [-0.2, -0.15) is 0 Å². The van der Waals surface area contributed by atoms with Crippen LogP contribution in [-0.2, 0) is 19.0 Å². The van der Waals surface area contributed by atoms with Crippen LogP contribution in [0.2, 0.25) is 0 Å². The number of ether oxygens (including phenoxy) is 3. The molecule has 0 spiro atoms. The second kappa shape index (κ2) is 14.9. The van der Waals surface area contributed by atoms with Crippen molar-refractivity contribution in [1.82, 2.24) is 0 Å². The summed E-state index contributed by atoms with van der Waals surface area (Å²) in [5.41, 5.74) is 6.68. The molecule has 0 aromatic heterocycles. The van der Waals surface area contributed by atoms with E-state index in [-0.39, 0.29) is 24.4 Å². The predicted octanol–water partition coefficient (Wildman–Crippen LogP) is 4.62. The van der Waals surface area contributed by atoms with Crippen LogP contribution in [0.5, 0.6) is 0 Å². The molecule has 182 valence electrons. The van der Waals surface area contributed by atoms with Crippen molar-refractivity contribution >= 4 is 11.5 Å². The van der Waals surface area contributed by atoms with Crippen LogP contribution in [0.4, 0.5) is 0 Å². The first-order chi connectivity index (χ1) is 14.7. The molecular weight excluding hydrogens is 396 g/mol. The number of nitrogens with two attached hydrogens (primary N) is 1. The van der Waals surface area contributed by atoms with Crippen molar-refractivity contribution < 1.29 is 24.2 Å². The molecule has 3 rings (SSSR count). The first kappa shape index (κ1) is 28.0. The number of Topliss-reactive ketones (excluding diaryl/α,β-unsaturated/α-hetero) is 1. The molecule has 3 aliphatic heterocycles. The topological polar surface area (TPSA) is 103 Å². The third-order valence-electron chi connectivity index (χ3n) is 5.94. The zero-order valence-corrected chi connectivity index (χ0v) is 20.5. The molecule has 0 saturated carbocycles. The van der Waals surface area contributed by atoms with Crippen LogP contribution in [-0.4, -0.2) is 59.4 Å². The lowest BCUT2D eigenvalue weighted by Crippen LogP contribution is -2.38. The van der Waals surface area contributed by atoms with Crippen molar-refractivity contribution in [2.45, 2.75) is 142 Å². The van der Waals surface area contributed by atoms with Crippen molar-refractivity contribution in [2.75, 3.05) is 0 Å². The van der Waals surface area contributed by atoms with E-state index in [0.717, 1.165) is 50.7 Å². The second-order valence-corrected chi connectivity index (χ2v) is 9.18. The largest absolute Gasteiger partial charge is 0.411 e. The van der Waals surface area contributed by atoms with Gasteiger partial charge in [0, 0.05) is 31.7 Å². The van der Waals surface area contributed by atoms with Crippen molar-refractivity contribution in [3.8, 4) is 0 Å². The van der Waals surface area contributed by atoms with E-state index in [9.17, 15) is 4.79 Å². The Morgan fingerprint density at radius 2 is 1.32 bits per heavy atom. The Bertz CT molecular complexity index is 532. The number of hydrogen-bond donors (Lipinski definition) is 2.